The fourth-order valence-corrected chi connectivity index (χ4v) is 5.39. The van der Waals surface area contributed by atoms with Crippen molar-refractivity contribution in [2.24, 2.45) is 11.8 Å². The highest BCUT2D eigenvalue weighted by atomic mass is 19.4. The minimum absolute atomic E-state index is 0.0794. The maximum atomic E-state index is 14.0. The summed E-state index contributed by atoms with van der Waals surface area (Å²) in [7, 11) is 0. The number of aromatic nitrogens is 4. The van der Waals surface area contributed by atoms with E-state index in [4.69, 9.17) is 4.52 Å². The van der Waals surface area contributed by atoms with Gasteiger partial charge in [0.05, 0.1) is 42.8 Å². The fourth-order valence-electron chi connectivity index (χ4n) is 5.39. The van der Waals surface area contributed by atoms with E-state index in [9.17, 15) is 31.5 Å². The Kier molecular flexibility index (Phi) is 8.02. The highest BCUT2D eigenvalue weighted by Gasteiger charge is 2.40. The van der Waals surface area contributed by atoms with Gasteiger partial charge in [-0.15, -0.1) is 0 Å². The molecule has 0 aliphatic heterocycles. The number of hydrogen-bond donors (Lipinski definition) is 2. The van der Waals surface area contributed by atoms with E-state index in [1.807, 2.05) is 6.92 Å². The van der Waals surface area contributed by atoms with Gasteiger partial charge in [0.15, 0.2) is 5.65 Å². The third kappa shape index (κ3) is 7.02. The lowest BCUT2D eigenvalue weighted by Gasteiger charge is -2.33. The third-order valence-electron chi connectivity index (χ3n) is 7.81. The molecule has 2 atom stereocenters. The van der Waals surface area contributed by atoms with Gasteiger partial charge in [0.2, 0.25) is 11.8 Å². The lowest BCUT2D eigenvalue weighted by Crippen LogP contribution is -2.37. The Morgan fingerprint density at radius 3 is 2.46 bits per heavy atom. The van der Waals surface area contributed by atoms with E-state index in [0.29, 0.717) is 29.1 Å². The van der Waals surface area contributed by atoms with E-state index in [-0.39, 0.29) is 43.1 Å². The number of aryl methyl sites for hydroxylation is 1. The summed E-state index contributed by atoms with van der Waals surface area (Å²) in [6, 6.07) is 0.502. The normalized spacial score (nSPS) is 19.2. The molecule has 0 bridgehead atoms. The van der Waals surface area contributed by atoms with Crippen molar-refractivity contribution in [1.82, 2.24) is 30.4 Å². The molecule has 2 saturated carbocycles. The summed E-state index contributed by atoms with van der Waals surface area (Å²) >= 11 is 0. The SMILES string of the molecule is CCc1oncc1C(=O)N[C@H](c1cn2ncc(C(NC(=O)CCC(F)(F)F)C3CC3)cc2n1)C1CCC(F)(F)CC1. The van der Waals surface area contributed by atoms with Gasteiger partial charge in [-0.05, 0) is 49.1 Å². The highest BCUT2D eigenvalue weighted by Crippen LogP contribution is 2.43. The van der Waals surface area contributed by atoms with E-state index in [0.717, 1.165) is 12.8 Å². The second-order valence-electron chi connectivity index (χ2n) is 10.9. The third-order valence-corrected chi connectivity index (χ3v) is 7.81. The molecular formula is C27H31F5N6O3. The van der Waals surface area contributed by atoms with Crippen molar-refractivity contribution in [1.29, 1.82) is 0 Å². The maximum absolute atomic E-state index is 14.0. The van der Waals surface area contributed by atoms with E-state index < -0.39 is 48.8 Å². The molecule has 2 amide bonds. The topological polar surface area (TPSA) is 114 Å². The van der Waals surface area contributed by atoms with Crippen LogP contribution in [0, 0.1) is 11.8 Å². The monoisotopic (exact) mass is 582 g/mol. The molecule has 3 aromatic heterocycles. The Morgan fingerprint density at radius 1 is 1.10 bits per heavy atom. The van der Waals surface area contributed by atoms with Crippen molar-refractivity contribution in [3.8, 4) is 0 Å². The molecule has 222 valence electrons. The number of alkyl halides is 5. The number of nitrogens with one attached hydrogen (secondary N) is 2. The standard InChI is InChI=1S/C27H31F5N6O3/c1-2-20-18(13-34-41-20)25(40)37-24(16-5-8-26(28,29)9-6-16)19-14-38-21(35-19)11-17(12-33-38)23(15-3-4-15)36-22(39)7-10-27(30,31)32/h11-16,23-24H,2-10H2,1H3,(H,36,39)(H,37,40)/t23?,24-/m0/s1. The van der Waals surface area contributed by atoms with Crippen LogP contribution >= 0.6 is 0 Å². The van der Waals surface area contributed by atoms with E-state index in [1.165, 1.54) is 16.9 Å². The van der Waals surface area contributed by atoms with Crippen LogP contribution in [0.1, 0.15) is 97.7 Å². The van der Waals surface area contributed by atoms with Crippen LogP contribution in [-0.4, -0.2) is 43.7 Å². The summed E-state index contributed by atoms with van der Waals surface area (Å²) in [4.78, 5) is 30.1. The Hall–Kier alpha value is -3.58. The smallest absolute Gasteiger partial charge is 0.361 e. The summed E-state index contributed by atoms with van der Waals surface area (Å²) in [5.41, 5.74) is 1.70. The lowest BCUT2D eigenvalue weighted by atomic mass is 9.81. The molecule has 0 spiro atoms. The average molecular weight is 583 g/mol. The molecule has 0 aromatic carbocycles. The first-order chi connectivity index (χ1) is 19.4. The first kappa shape index (κ1) is 28.9. The Bertz CT molecular complexity index is 1390. The van der Waals surface area contributed by atoms with Crippen LogP contribution in [0.25, 0.3) is 5.65 Å². The summed E-state index contributed by atoms with van der Waals surface area (Å²) in [5.74, 6) is -3.73. The number of fused-ring (bicyclic) bond motifs is 1. The van der Waals surface area contributed by atoms with Crippen LogP contribution in [0.15, 0.2) is 29.2 Å². The molecule has 2 aliphatic carbocycles. The van der Waals surface area contributed by atoms with Crippen molar-refractivity contribution in [3.05, 3.63) is 47.2 Å². The van der Waals surface area contributed by atoms with Crippen LogP contribution in [0.2, 0.25) is 0 Å². The van der Waals surface area contributed by atoms with Crippen molar-refractivity contribution >= 4 is 17.5 Å². The Morgan fingerprint density at radius 2 is 1.80 bits per heavy atom. The lowest BCUT2D eigenvalue weighted by molar-refractivity contribution is -0.144. The predicted molar refractivity (Wildman–Crippen MR) is 135 cm³/mol. The predicted octanol–water partition coefficient (Wildman–Crippen LogP) is 5.49. The molecular weight excluding hydrogens is 551 g/mol. The molecule has 2 N–H and O–H groups in total. The fraction of sp³-hybridized carbons (Fsp3) is 0.593. The Balaban J connectivity index is 1.40. The first-order valence-electron chi connectivity index (χ1n) is 13.8. The van der Waals surface area contributed by atoms with Crippen LogP contribution in [0.3, 0.4) is 0 Å². The number of amides is 2. The van der Waals surface area contributed by atoms with Gasteiger partial charge in [-0.25, -0.2) is 18.3 Å². The molecule has 0 radical (unpaired) electrons. The highest BCUT2D eigenvalue weighted by molar-refractivity contribution is 5.95. The zero-order valence-corrected chi connectivity index (χ0v) is 22.4. The van der Waals surface area contributed by atoms with Crippen molar-refractivity contribution < 1.29 is 36.1 Å². The summed E-state index contributed by atoms with van der Waals surface area (Å²) in [6.45, 7) is 1.82. The number of halogens is 5. The van der Waals surface area contributed by atoms with Gasteiger partial charge in [-0.1, -0.05) is 12.1 Å². The molecule has 3 heterocycles. The molecule has 2 aliphatic rings. The summed E-state index contributed by atoms with van der Waals surface area (Å²) < 4.78 is 72.3. The second-order valence-corrected chi connectivity index (χ2v) is 10.9. The van der Waals surface area contributed by atoms with Crippen molar-refractivity contribution in [2.75, 3.05) is 0 Å². The molecule has 9 nitrogen and oxygen atoms in total. The van der Waals surface area contributed by atoms with Gasteiger partial charge in [0.25, 0.3) is 5.91 Å². The quantitative estimate of drug-likeness (QED) is 0.306. The van der Waals surface area contributed by atoms with Gasteiger partial charge in [-0.2, -0.15) is 18.3 Å². The number of carbonyl (C=O) groups excluding carboxylic acids is 2. The number of carbonyl (C=O) groups is 2. The molecule has 41 heavy (non-hydrogen) atoms. The molecule has 1 unspecified atom stereocenters. The summed E-state index contributed by atoms with van der Waals surface area (Å²) in [6.07, 6.45) is 0.0269. The number of nitrogens with zero attached hydrogens (tertiary/aromatic N) is 4. The second kappa shape index (κ2) is 11.4. The summed E-state index contributed by atoms with van der Waals surface area (Å²) in [5, 5.41) is 13.8. The van der Waals surface area contributed by atoms with Gasteiger partial charge in [-0.3, -0.25) is 9.59 Å². The van der Waals surface area contributed by atoms with E-state index in [1.54, 1.807) is 12.3 Å². The van der Waals surface area contributed by atoms with Crippen LogP contribution in [0.5, 0.6) is 0 Å². The first-order valence-corrected chi connectivity index (χ1v) is 13.8. The van der Waals surface area contributed by atoms with Gasteiger partial charge in [0, 0.05) is 25.7 Å². The zero-order valence-electron chi connectivity index (χ0n) is 22.4. The largest absolute Gasteiger partial charge is 0.389 e. The molecule has 5 rings (SSSR count). The molecule has 3 aromatic rings. The minimum Gasteiger partial charge on any atom is -0.361 e. The minimum atomic E-state index is -4.43. The zero-order chi connectivity index (χ0) is 29.4. The van der Waals surface area contributed by atoms with E-state index >= 15 is 0 Å². The molecule has 0 saturated heterocycles. The van der Waals surface area contributed by atoms with Crippen LogP contribution < -0.4 is 10.6 Å². The van der Waals surface area contributed by atoms with Crippen LogP contribution in [-0.2, 0) is 11.2 Å². The van der Waals surface area contributed by atoms with Gasteiger partial charge >= 0.3 is 6.18 Å². The van der Waals surface area contributed by atoms with E-state index in [2.05, 4.69) is 25.9 Å². The van der Waals surface area contributed by atoms with Crippen LogP contribution in [0.4, 0.5) is 22.0 Å². The van der Waals surface area contributed by atoms with Gasteiger partial charge in [0.1, 0.15) is 11.3 Å². The Labute approximate surface area is 232 Å². The number of hydrogen-bond acceptors (Lipinski definition) is 6. The maximum Gasteiger partial charge on any atom is 0.389 e. The number of imidazole rings is 1. The van der Waals surface area contributed by atoms with Gasteiger partial charge < -0.3 is 15.2 Å². The van der Waals surface area contributed by atoms with Crippen molar-refractivity contribution in [2.45, 2.75) is 88.9 Å². The van der Waals surface area contributed by atoms with Crippen molar-refractivity contribution in [3.63, 3.8) is 0 Å². The molecule has 14 heteroatoms. The number of rotatable bonds is 10. The molecule has 2 fully saturated rings. The average Bonchev–Trinajstić information content (AvgIpc) is 3.48.